The van der Waals surface area contributed by atoms with E-state index in [1.807, 2.05) is 0 Å². The zero-order valence-electron chi connectivity index (χ0n) is 18.5. The van der Waals surface area contributed by atoms with E-state index in [9.17, 15) is 22.8 Å². The molecule has 0 aliphatic heterocycles. The van der Waals surface area contributed by atoms with Gasteiger partial charge in [-0.2, -0.15) is 0 Å². The Kier molecular flexibility index (Phi) is 8.03. The van der Waals surface area contributed by atoms with Crippen molar-refractivity contribution in [1.29, 1.82) is 0 Å². The Morgan fingerprint density at radius 3 is 2.34 bits per heavy atom. The smallest absolute Gasteiger partial charge is 0.495 e. The van der Waals surface area contributed by atoms with E-state index in [0.29, 0.717) is 16.9 Å². The van der Waals surface area contributed by atoms with Gasteiger partial charge >= 0.3 is 12.4 Å². The van der Waals surface area contributed by atoms with E-state index >= 15 is 0 Å². The van der Waals surface area contributed by atoms with Crippen molar-refractivity contribution in [2.24, 2.45) is 5.73 Å². The van der Waals surface area contributed by atoms with Crippen LogP contribution in [0.3, 0.4) is 0 Å². The second-order valence-corrected chi connectivity index (χ2v) is 7.18. The quantitative estimate of drug-likeness (QED) is 0.407. The molecule has 0 saturated heterocycles. The number of para-hydroxylation sites is 1. The van der Waals surface area contributed by atoms with Crippen molar-refractivity contribution in [2.75, 3.05) is 12.4 Å². The molecule has 4 N–H and O–H groups in total. The van der Waals surface area contributed by atoms with Crippen molar-refractivity contribution < 1.29 is 37.0 Å². The van der Waals surface area contributed by atoms with Crippen LogP contribution in [0.2, 0.25) is 0 Å². The van der Waals surface area contributed by atoms with Gasteiger partial charge in [0.25, 0.3) is 0 Å². The van der Waals surface area contributed by atoms with Gasteiger partial charge in [0.1, 0.15) is 23.9 Å². The van der Waals surface area contributed by atoms with E-state index in [0.717, 1.165) is 17.7 Å². The largest absolute Gasteiger partial charge is 0.573 e. The van der Waals surface area contributed by atoms with E-state index in [1.165, 1.54) is 13.2 Å². The lowest BCUT2D eigenvalue weighted by molar-refractivity contribution is -0.274. The Morgan fingerprint density at radius 1 is 0.971 bits per heavy atom. The number of nitrogens with one attached hydrogen (secondary N) is 2. The maximum atomic E-state index is 12.5. The molecule has 0 spiro atoms. The van der Waals surface area contributed by atoms with Crippen LogP contribution in [0, 0.1) is 0 Å². The number of hydrogen-bond donors (Lipinski definition) is 3. The van der Waals surface area contributed by atoms with Crippen molar-refractivity contribution in [1.82, 2.24) is 5.32 Å². The van der Waals surface area contributed by atoms with Gasteiger partial charge in [-0.15, -0.1) is 13.2 Å². The number of ether oxygens (including phenoxy) is 3. The van der Waals surface area contributed by atoms with Gasteiger partial charge in [0, 0.05) is 23.7 Å². The first kappa shape index (κ1) is 25.2. The molecule has 3 rings (SSSR count). The molecule has 184 valence electrons. The maximum absolute atomic E-state index is 12.5. The minimum atomic E-state index is -4.87. The lowest BCUT2D eigenvalue weighted by Crippen LogP contribution is -2.28. The summed E-state index contributed by atoms with van der Waals surface area (Å²) in [6.07, 6.45) is -4.87. The van der Waals surface area contributed by atoms with E-state index < -0.39 is 24.1 Å². The van der Waals surface area contributed by atoms with Gasteiger partial charge in [-0.25, -0.2) is 4.79 Å². The van der Waals surface area contributed by atoms with Crippen LogP contribution in [0.1, 0.15) is 21.5 Å². The molecule has 0 radical (unpaired) electrons. The summed E-state index contributed by atoms with van der Waals surface area (Å²) in [7, 11) is 1.32. The Labute approximate surface area is 198 Å². The number of hydrogen-bond acceptors (Lipinski definition) is 5. The predicted octanol–water partition coefficient (Wildman–Crippen LogP) is 4.59. The summed E-state index contributed by atoms with van der Waals surface area (Å²) in [5.74, 6) is -0.355. The molecule has 0 bridgehead atoms. The van der Waals surface area contributed by atoms with Crippen LogP contribution in [0.15, 0.2) is 66.7 Å². The summed E-state index contributed by atoms with van der Waals surface area (Å²) in [4.78, 5) is 23.6. The Hall–Kier alpha value is -4.41. The molecule has 35 heavy (non-hydrogen) atoms. The van der Waals surface area contributed by atoms with Crippen LogP contribution in [-0.2, 0) is 13.2 Å². The van der Waals surface area contributed by atoms with E-state index in [1.54, 1.807) is 48.5 Å². The van der Waals surface area contributed by atoms with Crippen molar-refractivity contribution in [2.45, 2.75) is 19.5 Å². The summed E-state index contributed by atoms with van der Waals surface area (Å²) in [5, 5.41) is 5.07. The topological polar surface area (TPSA) is 112 Å². The number of carbonyl (C=O) groups excluding carboxylic acids is 2. The van der Waals surface area contributed by atoms with Crippen molar-refractivity contribution in [3.63, 3.8) is 0 Å². The molecule has 0 fully saturated rings. The van der Waals surface area contributed by atoms with Crippen LogP contribution in [0.5, 0.6) is 17.2 Å². The van der Waals surface area contributed by atoms with Gasteiger partial charge in [-0.05, 0) is 35.9 Å². The monoisotopic (exact) mass is 489 g/mol. The first-order valence-corrected chi connectivity index (χ1v) is 10.2. The molecular weight excluding hydrogens is 467 g/mol. The number of nitrogens with two attached hydrogens (primary N) is 1. The maximum Gasteiger partial charge on any atom is 0.573 e. The average Bonchev–Trinajstić information content (AvgIpc) is 2.81. The summed E-state index contributed by atoms with van der Waals surface area (Å²) in [6.45, 7) is 0.287. The Bertz CT molecular complexity index is 1180. The fourth-order valence-electron chi connectivity index (χ4n) is 3.04. The third-order valence-corrected chi connectivity index (χ3v) is 4.70. The highest BCUT2D eigenvalue weighted by Gasteiger charge is 2.31. The first-order chi connectivity index (χ1) is 16.6. The van der Waals surface area contributed by atoms with Crippen molar-refractivity contribution >= 4 is 17.6 Å². The van der Waals surface area contributed by atoms with Crippen molar-refractivity contribution in [3.8, 4) is 17.2 Å². The number of primary amides is 1. The van der Waals surface area contributed by atoms with Gasteiger partial charge in [-0.3, -0.25) is 4.79 Å². The number of amides is 3. The first-order valence-electron chi connectivity index (χ1n) is 10.2. The Balaban J connectivity index is 1.61. The van der Waals surface area contributed by atoms with Crippen LogP contribution in [0.4, 0.5) is 23.7 Å². The molecule has 0 aliphatic carbocycles. The molecule has 0 aliphatic rings. The zero-order chi connectivity index (χ0) is 25.4. The van der Waals surface area contributed by atoms with Crippen LogP contribution in [0.25, 0.3) is 0 Å². The van der Waals surface area contributed by atoms with Gasteiger partial charge < -0.3 is 30.6 Å². The van der Waals surface area contributed by atoms with E-state index in [2.05, 4.69) is 15.4 Å². The number of benzene rings is 3. The second-order valence-electron chi connectivity index (χ2n) is 7.18. The van der Waals surface area contributed by atoms with E-state index in [4.69, 9.17) is 15.2 Å². The highest BCUT2D eigenvalue weighted by Crippen LogP contribution is 2.32. The number of carbonyl (C=O) groups is 2. The average molecular weight is 489 g/mol. The molecule has 0 atom stereocenters. The molecule has 3 aromatic rings. The third-order valence-electron chi connectivity index (χ3n) is 4.70. The number of methoxy groups -OCH3 is 1. The number of rotatable bonds is 9. The Morgan fingerprint density at radius 2 is 1.69 bits per heavy atom. The minimum absolute atomic E-state index is 0.00399. The van der Waals surface area contributed by atoms with Crippen molar-refractivity contribution in [3.05, 3.63) is 83.4 Å². The summed E-state index contributed by atoms with van der Waals surface area (Å²) in [5.41, 5.74) is 7.09. The molecule has 0 saturated carbocycles. The SMILES string of the molecule is COc1ccc(OC(F)(F)F)cc1NC(=O)NCc1ccccc1OCc1ccc(C(N)=O)cc1. The van der Waals surface area contributed by atoms with Gasteiger partial charge in [0.15, 0.2) is 0 Å². The lowest BCUT2D eigenvalue weighted by atomic mass is 10.1. The summed E-state index contributed by atoms with van der Waals surface area (Å²) >= 11 is 0. The molecule has 8 nitrogen and oxygen atoms in total. The summed E-state index contributed by atoms with van der Waals surface area (Å²) in [6, 6.07) is 16.3. The molecule has 11 heteroatoms. The molecular formula is C24H22F3N3O5. The molecule has 0 aromatic heterocycles. The fraction of sp³-hybridized carbons (Fsp3) is 0.167. The molecule has 3 aromatic carbocycles. The highest BCUT2D eigenvalue weighted by molar-refractivity contribution is 5.92. The van der Waals surface area contributed by atoms with Gasteiger partial charge in [0.2, 0.25) is 5.91 Å². The van der Waals surface area contributed by atoms with Crippen LogP contribution < -0.4 is 30.6 Å². The second kappa shape index (κ2) is 11.1. The normalized spacial score (nSPS) is 10.9. The fourth-order valence-corrected chi connectivity index (χ4v) is 3.04. The third kappa shape index (κ3) is 7.56. The minimum Gasteiger partial charge on any atom is -0.495 e. The molecule has 0 unspecified atom stereocenters. The number of anilines is 1. The lowest BCUT2D eigenvalue weighted by Gasteiger charge is -2.15. The molecule has 3 amide bonds. The number of alkyl halides is 3. The summed E-state index contributed by atoms with van der Waals surface area (Å²) < 4.78 is 52.3. The van der Waals surface area contributed by atoms with Gasteiger partial charge in [0.05, 0.1) is 12.8 Å². The number of urea groups is 1. The standard InChI is InChI=1S/C24H22F3N3O5/c1-33-21-11-10-18(35-24(25,26)27)12-19(21)30-23(32)29-13-17-4-2-3-5-20(17)34-14-15-6-8-16(9-7-15)22(28)31/h2-12H,13-14H2,1H3,(H2,28,31)(H2,29,30,32). The highest BCUT2D eigenvalue weighted by atomic mass is 19.4. The zero-order valence-corrected chi connectivity index (χ0v) is 18.5. The molecule has 0 heterocycles. The predicted molar refractivity (Wildman–Crippen MR) is 121 cm³/mol. The van der Waals surface area contributed by atoms with E-state index in [-0.39, 0.29) is 24.6 Å². The van der Waals surface area contributed by atoms with Gasteiger partial charge in [-0.1, -0.05) is 30.3 Å². The van der Waals surface area contributed by atoms with Crippen LogP contribution in [-0.4, -0.2) is 25.4 Å². The number of halogens is 3. The van der Waals surface area contributed by atoms with Crippen LogP contribution >= 0.6 is 0 Å².